The molecule has 1 aromatic rings. The van der Waals surface area contributed by atoms with Gasteiger partial charge < -0.3 is 37.0 Å². The average Bonchev–Trinajstić information content (AvgIpc) is 2.80. The van der Waals surface area contributed by atoms with E-state index in [1.807, 2.05) is 0 Å². The van der Waals surface area contributed by atoms with Gasteiger partial charge in [-0.2, -0.15) is 0 Å². The van der Waals surface area contributed by atoms with Gasteiger partial charge in [0.05, 0.1) is 13.0 Å². The summed E-state index contributed by atoms with van der Waals surface area (Å²) in [7, 11) is 0. The molecule has 0 aromatic heterocycles. The van der Waals surface area contributed by atoms with Crippen LogP contribution in [-0.4, -0.2) is 75.8 Å². The minimum absolute atomic E-state index is 0.0137. The van der Waals surface area contributed by atoms with Gasteiger partial charge in [0.15, 0.2) is 0 Å². The summed E-state index contributed by atoms with van der Waals surface area (Å²) >= 11 is 0. The van der Waals surface area contributed by atoms with Gasteiger partial charge in [0.1, 0.15) is 24.2 Å². The van der Waals surface area contributed by atoms with Crippen molar-refractivity contribution < 1.29 is 39.3 Å². The topological polar surface area (TPSA) is 208 Å². The molecule has 0 radical (unpaired) electrons. The van der Waals surface area contributed by atoms with Crippen LogP contribution in [0.15, 0.2) is 30.3 Å². The van der Waals surface area contributed by atoms with Crippen molar-refractivity contribution in [3.63, 3.8) is 0 Å². The Morgan fingerprint density at radius 1 is 0.912 bits per heavy atom. The maximum Gasteiger partial charge on any atom is 0.326 e. The molecule has 188 valence electrons. The molecule has 5 atom stereocenters. The smallest absolute Gasteiger partial charge is 0.326 e. The Morgan fingerprint density at radius 2 is 1.50 bits per heavy atom. The summed E-state index contributed by atoms with van der Waals surface area (Å²) < 4.78 is 0. The molecule has 0 aliphatic rings. The third-order valence-corrected chi connectivity index (χ3v) is 5.24. The molecule has 12 nitrogen and oxygen atoms in total. The Morgan fingerprint density at radius 3 is 2.00 bits per heavy atom. The number of benzene rings is 1. The SMILES string of the molecule is CCC(C)C(NC(=O)C(CC(=O)O)NC(=O)C(N)CO)C(=O)NC(Cc1ccccc1)C(=O)O. The molecule has 34 heavy (non-hydrogen) atoms. The lowest BCUT2D eigenvalue weighted by Gasteiger charge is -2.27. The summed E-state index contributed by atoms with van der Waals surface area (Å²) in [6, 6.07) is 3.26. The molecule has 0 fully saturated rings. The van der Waals surface area contributed by atoms with Gasteiger partial charge in [-0.3, -0.25) is 19.2 Å². The largest absolute Gasteiger partial charge is 0.481 e. The molecule has 1 rings (SSSR count). The van der Waals surface area contributed by atoms with Crippen molar-refractivity contribution in [2.45, 2.75) is 57.3 Å². The second kappa shape index (κ2) is 13.9. The molecule has 8 N–H and O–H groups in total. The van der Waals surface area contributed by atoms with E-state index in [-0.39, 0.29) is 6.42 Å². The van der Waals surface area contributed by atoms with Gasteiger partial charge >= 0.3 is 11.9 Å². The molecule has 5 unspecified atom stereocenters. The maximum absolute atomic E-state index is 13.0. The molecule has 0 spiro atoms. The van der Waals surface area contributed by atoms with Crippen LogP contribution in [-0.2, 0) is 30.4 Å². The number of nitrogens with two attached hydrogens (primary N) is 1. The van der Waals surface area contributed by atoms with E-state index >= 15 is 0 Å². The Bertz CT molecular complexity index is 864. The number of carbonyl (C=O) groups excluding carboxylic acids is 3. The first-order valence-corrected chi connectivity index (χ1v) is 10.8. The summed E-state index contributed by atoms with van der Waals surface area (Å²) in [6.45, 7) is 2.69. The Balaban J connectivity index is 3.03. The van der Waals surface area contributed by atoms with Crippen molar-refractivity contribution in [3.8, 4) is 0 Å². The number of aliphatic carboxylic acids is 2. The fraction of sp³-hybridized carbons (Fsp3) is 0.500. The standard InChI is InChI=1S/C22H32N4O8/c1-3-12(2)18(21(32)25-16(22(33)34)9-13-7-5-4-6-8-13)26-20(31)15(10-17(28)29)24-19(30)14(23)11-27/h4-8,12,14-16,18,27H,3,9-11,23H2,1-2H3,(H,24,30)(H,25,32)(H,26,31)(H,28,29)(H,33,34). The normalized spacial score (nSPS) is 15.2. The van der Waals surface area contributed by atoms with Gasteiger partial charge in [-0.15, -0.1) is 0 Å². The van der Waals surface area contributed by atoms with Gasteiger partial charge in [0.25, 0.3) is 0 Å². The van der Waals surface area contributed by atoms with E-state index in [9.17, 15) is 29.1 Å². The van der Waals surface area contributed by atoms with E-state index in [2.05, 4.69) is 16.0 Å². The van der Waals surface area contributed by atoms with Crippen LogP contribution < -0.4 is 21.7 Å². The molecular formula is C22H32N4O8. The number of hydrogen-bond donors (Lipinski definition) is 7. The third kappa shape index (κ3) is 9.16. The van der Waals surface area contributed by atoms with E-state index in [0.717, 1.165) is 0 Å². The molecule has 0 saturated heterocycles. The van der Waals surface area contributed by atoms with Crippen LogP contribution in [0.5, 0.6) is 0 Å². The molecule has 1 aromatic carbocycles. The molecule has 12 heteroatoms. The van der Waals surface area contributed by atoms with Crippen molar-refractivity contribution in [2.75, 3.05) is 6.61 Å². The van der Waals surface area contributed by atoms with Crippen LogP contribution in [0.3, 0.4) is 0 Å². The summed E-state index contributed by atoms with van der Waals surface area (Å²) in [5, 5.41) is 34.6. The Hall–Kier alpha value is -3.51. The number of carbonyl (C=O) groups is 5. The lowest BCUT2D eigenvalue weighted by molar-refractivity contribution is -0.143. The van der Waals surface area contributed by atoms with Gasteiger partial charge in [-0.25, -0.2) is 4.79 Å². The highest BCUT2D eigenvalue weighted by Crippen LogP contribution is 2.11. The first-order chi connectivity index (χ1) is 16.0. The van der Waals surface area contributed by atoms with Crippen molar-refractivity contribution in [2.24, 2.45) is 11.7 Å². The summed E-state index contributed by atoms with van der Waals surface area (Å²) in [5.41, 5.74) is 6.08. The number of aliphatic hydroxyl groups is 1. The Labute approximate surface area is 196 Å². The van der Waals surface area contributed by atoms with Crippen LogP contribution >= 0.6 is 0 Å². The number of carboxylic acids is 2. The number of hydrogen-bond acceptors (Lipinski definition) is 7. The fourth-order valence-corrected chi connectivity index (χ4v) is 3.01. The van der Waals surface area contributed by atoms with Crippen molar-refractivity contribution in [3.05, 3.63) is 35.9 Å². The van der Waals surface area contributed by atoms with Crippen molar-refractivity contribution in [1.82, 2.24) is 16.0 Å². The first-order valence-electron chi connectivity index (χ1n) is 10.8. The lowest BCUT2D eigenvalue weighted by Crippen LogP contribution is -2.59. The van der Waals surface area contributed by atoms with Crippen LogP contribution in [0.4, 0.5) is 0 Å². The zero-order valence-electron chi connectivity index (χ0n) is 19.1. The second-order valence-corrected chi connectivity index (χ2v) is 7.91. The minimum Gasteiger partial charge on any atom is -0.481 e. The van der Waals surface area contributed by atoms with Gasteiger partial charge in [0.2, 0.25) is 17.7 Å². The summed E-state index contributed by atoms with van der Waals surface area (Å²) in [6.07, 6.45) is -0.351. The second-order valence-electron chi connectivity index (χ2n) is 7.91. The summed E-state index contributed by atoms with van der Waals surface area (Å²) in [4.78, 5) is 60.6. The van der Waals surface area contributed by atoms with E-state index in [4.69, 9.17) is 15.9 Å². The van der Waals surface area contributed by atoms with Crippen molar-refractivity contribution >= 4 is 29.7 Å². The molecule has 0 aliphatic carbocycles. The zero-order valence-corrected chi connectivity index (χ0v) is 19.1. The van der Waals surface area contributed by atoms with Crippen LogP contribution in [0.25, 0.3) is 0 Å². The number of rotatable bonds is 14. The molecule has 3 amide bonds. The third-order valence-electron chi connectivity index (χ3n) is 5.24. The molecule has 0 aliphatic heterocycles. The van der Waals surface area contributed by atoms with Gasteiger partial charge in [0, 0.05) is 6.42 Å². The first kappa shape index (κ1) is 28.5. The van der Waals surface area contributed by atoms with Crippen LogP contribution in [0, 0.1) is 5.92 Å². The van der Waals surface area contributed by atoms with Crippen LogP contribution in [0.2, 0.25) is 0 Å². The highest BCUT2D eigenvalue weighted by atomic mass is 16.4. The molecule has 0 heterocycles. The predicted molar refractivity (Wildman–Crippen MR) is 120 cm³/mol. The highest BCUT2D eigenvalue weighted by Gasteiger charge is 2.33. The Kier molecular flexibility index (Phi) is 11.7. The van der Waals surface area contributed by atoms with E-state index in [1.165, 1.54) is 0 Å². The van der Waals surface area contributed by atoms with Gasteiger partial charge in [-0.1, -0.05) is 50.6 Å². The quantitative estimate of drug-likeness (QED) is 0.167. The highest BCUT2D eigenvalue weighted by molar-refractivity contribution is 5.95. The summed E-state index contributed by atoms with van der Waals surface area (Å²) in [5.74, 6) is -5.77. The fourth-order valence-electron chi connectivity index (χ4n) is 3.01. The molecule has 0 saturated carbocycles. The number of amides is 3. The minimum atomic E-state index is -1.57. The number of nitrogens with one attached hydrogen (secondary N) is 3. The predicted octanol–water partition coefficient (Wildman–Crippen LogP) is -1.39. The average molecular weight is 481 g/mol. The lowest BCUT2D eigenvalue weighted by atomic mass is 9.96. The van der Waals surface area contributed by atoms with E-state index < -0.39 is 72.8 Å². The van der Waals surface area contributed by atoms with Gasteiger partial charge in [-0.05, 0) is 11.5 Å². The monoisotopic (exact) mass is 480 g/mol. The molecule has 0 bridgehead atoms. The number of carboxylic acid groups (broad SMARTS) is 2. The molecular weight excluding hydrogens is 448 g/mol. The zero-order chi connectivity index (χ0) is 25.8. The van der Waals surface area contributed by atoms with Crippen LogP contribution in [0.1, 0.15) is 32.3 Å². The maximum atomic E-state index is 13.0. The van der Waals surface area contributed by atoms with E-state index in [1.54, 1.807) is 44.2 Å². The number of aliphatic hydroxyl groups excluding tert-OH is 1. The van der Waals surface area contributed by atoms with Crippen molar-refractivity contribution in [1.29, 1.82) is 0 Å². The van der Waals surface area contributed by atoms with E-state index in [0.29, 0.717) is 12.0 Å².